The topological polar surface area (TPSA) is 122 Å². The van der Waals surface area contributed by atoms with Gasteiger partial charge in [0.25, 0.3) is 0 Å². The van der Waals surface area contributed by atoms with Crippen LogP contribution in [0, 0.1) is 5.82 Å². The van der Waals surface area contributed by atoms with Crippen molar-refractivity contribution in [2.75, 3.05) is 51.0 Å². The number of methoxy groups -OCH3 is 1. The van der Waals surface area contributed by atoms with Crippen LogP contribution in [0.15, 0.2) is 35.4 Å². The average molecular weight is 515 g/mol. The Morgan fingerprint density at radius 2 is 2.25 bits per heavy atom. The number of rotatable bonds is 8. The number of morpholine rings is 1. The summed E-state index contributed by atoms with van der Waals surface area (Å²) in [6.07, 6.45) is -0.0781. The van der Waals surface area contributed by atoms with E-state index in [1.165, 1.54) is 18.9 Å². The molecule has 0 saturated carbocycles. The molecule has 1 saturated heterocycles. The molecule has 2 aliphatic rings. The summed E-state index contributed by atoms with van der Waals surface area (Å²) >= 11 is 1.48. The van der Waals surface area contributed by atoms with Crippen molar-refractivity contribution in [3.8, 4) is 5.88 Å². The zero-order chi connectivity index (χ0) is 25.1. The fraction of sp³-hybridized carbons (Fsp3) is 0.417. The smallest absolute Gasteiger partial charge is 0.235 e. The number of fused-ring (bicyclic) bond motifs is 2. The van der Waals surface area contributed by atoms with Crippen LogP contribution < -0.4 is 15.4 Å². The SMILES string of the molecule is COc1ccc2ncc(F)c(C(O)CN3CCO[C@@H](CNCc4ccc5c(n4)NC(=O)CS5)C3)c2n1. The van der Waals surface area contributed by atoms with E-state index in [1.807, 2.05) is 12.1 Å². The third-order valence-electron chi connectivity index (χ3n) is 6.08. The van der Waals surface area contributed by atoms with Crippen molar-refractivity contribution in [2.24, 2.45) is 0 Å². The quantitative estimate of drug-likeness (QED) is 0.410. The number of carbonyl (C=O) groups is 1. The molecule has 190 valence electrons. The number of aromatic nitrogens is 3. The number of aliphatic hydroxyl groups is 1. The molecule has 36 heavy (non-hydrogen) atoms. The Morgan fingerprint density at radius 1 is 1.36 bits per heavy atom. The molecule has 0 radical (unpaired) electrons. The van der Waals surface area contributed by atoms with E-state index in [2.05, 4.69) is 30.5 Å². The van der Waals surface area contributed by atoms with Gasteiger partial charge in [0.1, 0.15) is 17.2 Å². The Balaban J connectivity index is 1.18. The number of ether oxygens (including phenoxy) is 2. The van der Waals surface area contributed by atoms with Gasteiger partial charge in [0.05, 0.1) is 54.0 Å². The second-order valence-corrected chi connectivity index (χ2v) is 9.64. The molecule has 2 atom stereocenters. The zero-order valence-electron chi connectivity index (χ0n) is 19.7. The Hall–Kier alpha value is -2.90. The Morgan fingerprint density at radius 3 is 3.11 bits per heavy atom. The van der Waals surface area contributed by atoms with Crippen LogP contribution in [0.2, 0.25) is 0 Å². The Labute approximate surface area is 211 Å². The second kappa shape index (κ2) is 11.0. The molecule has 1 amide bonds. The van der Waals surface area contributed by atoms with Gasteiger partial charge < -0.3 is 25.2 Å². The summed E-state index contributed by atoms with van der Waals surface area (Å²) in [5.74, 6) is 0.695. The first kappa shape index (κ1) is 24.8. The number of amides is 1. The molecule has 3 aromatic rings. The maximum absolute atomic E-state index is 14.7. The number of β-amino-alcohol motifs (C(OH)–C–C–N with tert-alkyl or cyclic N) is 1. The Kier molecular flexibility index (Phi) is 7.58. The summed E-state index contributed by atoms with van der Waals surface area (Å²) in [7, 11) is 1.48. The van der Waals surface area contributed by atoms with Gasteiger partial charge in [0, 0.05) is 44.4 Å². The van der Waals surface area contributed by atoms with Crippen LogP contribution in [0.3, 0.4) is 0 Å². The van der Waals surface area contributed by atoms with Crippen LogP contribution in [0.1, 0.15) is 17.4 Å². The number of hydrogen-bond donors (Lipinski definition) is 3. The van der Waals surface area contributed by atoms with Gasteiger partial charge in [-0.05, 0) is 18.2 Å². The van der Waals surface area contributed by atoms with Gasteiger partial charge in [-0.2, -0.15) is 0 Å². The minimum atomic E-state index is -1.09. The number of anilines is 1. The highest BCUT2D eigenvalue weighted by Crippen LogP contribution is 2.30. The number of pyridine rings is 3. The normalized spacial score (nSPS) is 19.1. The molecule has 0 bridgehead atoms. The molecular weight excluding hydrogens is 487 g/mol. The molecule has 0 aromatic carbocycles. The molecule has 12 heteroatoms. The first-order valence-corrected chi connectivity index (χ1v) is 12.6. The van der Waals surface area contributed by atoms with Crippen LogP contribution in [0.5, 0.6) is 5.88 Å². The van der Waals surface area contributed by atoms with E-state index in [9.17, 15) is 14.3 Å². The van der Waals surface area contributed by atoms with E-state index in [1.54, 1.807) is 12.1 Å². The highest BCUT2D eigenvalue weighted by molar-refractivity contribution is 8.00. The van der Waals surface area contributed by atoms with E-state index in [0.29, 0.717) is 61.3 Å². The van der Waals surface area contributed by atoms with Crippen molar-refractivity contribution in [1.29, 1.82) is 0 Å². The van der Waals surface area contributed by atoms with Crippen LogP contribution in [-0.4, -0.2) is 82.6 Å². The van der Waals surface area contributed by atoms with Crippen molar-refractivity contribution in [1.82, 2.24) is 25.2 Å². The molecular formula is C24H27FN6O4S. The third kappa shape index (κ3) is 5.57. The van der Waals surface area contributed by atoms with Crippen molar-refractivity contribution >= 4 is 34.5 Å². The lowest BCUT2D eigenvalue weighted by Gasteiger charge is -2.34. The van der Waals surface area contributed by atoms with Gasteiger partial charge in [-0.25, -0.2) is 14.4 Å². The van der Waals surface area contributed by atoms with Gasteiger partial charge in [-0.15, -0.1) is 11.8 Å². The number of nitrogens with one attached hydrogen (secondary N) is 2. The first-order valence-electron chi connectivity index (χ1n) is 11.6. The molecule has 3 N–H and O–H groups in total. The van der Waals surface area contributed by atoms with Crippen LogP contribution in [0.4, 0.5) is 10.2 Å². The van der Waals surface area contributed by atoms with Gasteiger partial charge in [-0.1, -0.05) is 0 Å². The second-order valence-electron chi connectivity index (χ2n) is 8.63. The molecule has 0 spiro atoms. The maximum atomic E-state index is 14.7. The first-order chi connectivity index (χ1) is 17.5. The van der Waals surface area contributed by atoms with E-state index < -0.39 is 11.9 Å². The van der Waals surface area contributed by atoms with Crippen molar-refractivity contribution < 1.29 is 23.8 Å². The number of thioether (sulfide) groups is 1. The minimum Gasteiger partial charge on any atom is -0.481 e. The average Bonchev–Trinajstić information content (AvgIpc) is 2.88. The number of aliphatic hydroxyl groups excluding tert-OH is 1. The summed E-state index contributed by atoms with van der Waals surface area (Å²) in [6.45, 7) is 3.05. The van der Waals surface area contributed by atoms with Crippen LogP contribution >= 0.6 is 11.8 Å². The van der Waals surface area contributed by atoms with Crippen molar-refractivity contribution in [3.05, 3.63) is 47.5 Å². The van der Waals surface area contributed by atoms with E-state index in [0.717, 1.165) is 16.8 Å². The van der Waals surface area contributed by atoms with E-state index >= 15 is 0 Å². The molecule has 5 rings (SSSR count). The molecule has 1 fully saturated rings. The van der Waals surface area contributed by atoms with Gasteiger partial charge >= 0.3 is 0 Å². The largest absolute Gasteiger partial charge is 0.481 e. The maximum Gasteiger partial charge on any atom is 0.235 e. The van der Waals surface area contributed by atoms with E-state index in [4.69, 9.17) is 9.47 Å². The number of halogens is 1. The predicted octanol–water partition coefficient (Wildman–Crippen LogP) is 1.74. The number of hydrogen-bond acceptors (Lipinski definition) is 10. The fourth-order valence-electron chi connectivity index (χ4n) is 4.35. The molecule has 10 nitrogen and oxygen atoms in total. The summed E-state index contributed by atoms with van der Waals surface area (Å²) in [4.78, 5) is 27.5. The molecule has 1 unspecified atom stereocenters. The number of carbonyl (C=O) groups excluding carboxylic acids is 1. The summed E-state index contributed by atoms with van der Waals surface area (Å²) in [5.41, 5.74) is 1.72. The van der Waals surface area contributed by atoms with Gasteiger partial charge in [-0.3, -0.25) is 14.7 Å². The van der Waals surface area contributed by atoms with Gasteiger partial charge in [0.15, 0.2) is 0 Å². The monoisotopic (exact) mass is 514 g/mol. The minimum absolute atomic E-state index is 0.0439. The number of nitrogens with zero attached hydrogens (tertiary/aromatic N) is 4. The van der Waals surface area contributed by atoms with Crippen molar-refractivity contribution in [2.45, 2.75) is 23.6 Å². The highest BCUT2D eigenvalue weighted by Gasteiger charge is 2.26. The summed E-state index contributed by atoms with van der Waals surface area (Å²) < 4.78 is 25.7. The Bertz CT molecular complexity index is 1260. The predicted molar refractivity (Wildman–Crippen MR) is 132 cm³/mol. The third-order valence-corrected chi connectivity index (χ3v) is 7.13. The van der Waals surface area contributed by atoms with Crippen molar-refractivity contribution in [3.63, 3.8) is 0 Å². The molecule has 5 heterocycles. The highest BCUT2D eigenvalue weighted by atomic mass is 32.2. The fourth-order valence-corrected chi connectivity index (χ4v) is 5.10. The van der Waals surface area contributed by atoms with Crippen LogP contribution in [-0.2, 0) is 16.1 Å². The van der Waals surface area contributed by atoms with Gasteiger partial charge in [0.2, 0.25) is 11.8 Å². The zero-order valence-corrected chi connectivity index (χ0v) is 20.6. The molecule has 3 aromatic heterocycles. The van der Waals surface area contributed by atoms with E-state index in [-0.39, 0.29) is 24.1 Å². The molecule has 0 aliphatic carbocycles. The lowest BCUT2D eigenvalue weighted by molar-refractivity contribution is -0.113. The summed E-state index contributed by atoms with van der Waals surface area (Å²) in [5, 5.41) is 17.1. The summed E-state index contributed by atoms with van der Waals surface area (Å²) in [6, 6.07) is 7.25. The lowest BCUT2D eigenvalue weighted by atomic mass is 10.1. The van der Waals surface area contributed by atoms with Crippen LogP contribution in [0.25, 0.3) is 11.0 Å². The lowest BCUT2D eigenvalue weighted by Crippen LogP contribution is -2.47. The molecule has 2 aliphatic heterocycles. The standard InChI is InChI=1S/C24H27FN6O4S/c1-34-21-5-3-17-23(30-21)22(16(25)10-27-17)18(32)12-31-6-7-35-15(11-31)9-26-8-14-2-4-19-24(28-14)29-20(33)13-36-19/h2-5,10,15,18,26,32H,6-9,11-13H2,1H3,(H,28,29,33)/t15-,18?/m0/s1.